The maximum absolute atomic E-state index is 12.8. The molecule has 0 atom stereocenters. The number of thiophene rings is 1. The lowest BCUT2D eigenvalue weighted by molar-refractivity contribution is 0.0526. The molecule has 1 N–H and O–H groups in total. The maximum atomic E-state index is 12.8. The van der Waals surface area contributed by atoms with Crippen molar-refractivity contribution in [3.63, 3.8) is 0 Å². The fraction of sp³-hybridized carbons (Fsp3) is 0.400. The van der Waals surface area contributed by atoms with Crippen LogP contribution in [-0.4, -0.2) is 43.3 Å². The molecule has 0 spiro atoms. The number of esters is 1. The second-order valence-electron chi connectivity index (χ2n) is 6.57. The van der Waals surface area contributed by atoms with E-state index in [1.54, 1.807) is 25.1 Å². The van der Waals surface area contributed by atoms with Crippen molar-refractivity contribution >= 4 is 28.2 Å². The van der Waals surface area contributed by atoms with Gasteiger partial charge in [-0.1, -0.05) is 6.92 Å². The Kier molecular flexibility index (Phi) is 5.23. The Morgan fingerprint density at radius 1 is 1.25 bits per heavy atom. The third-order valence-electron chi connectivity index (χ3n) is 4.92. The molecule has 28 heavy (non-hydrogen) atoms. The SMILES string of the molecule is CCOC(=O)c1c(NC(=O)c2ccc3c(c2)OCO3)sc2c1CCN(CC)C2. The summed E-state index contributed by atoms with van der Waals surface area (Å²) in [6, 6.07) is 5.04. The van der Waals surface area contributed by atoms with Gasteiger partial charge in [0.1, 0.15) is 5.00 Å². The predicted molar refractivity (Wildman–Crippen MR) is 105 cm³/mol. The Balaban J connectivity index is 1.64. The standard InChI is InChI=1S/C20H22N2O5S/c1-3-22-8-7-13-16(10-22)28-19(17(13)20(24)25-4-2)21-18(23)12-5-6-14-15(9-12)27-11-26-14/h5-6,9H,3-4,7-8,10-11H2,1-2H3,(H,21,23). The molecule has 2 aliphatic rings. The second kappa shape index (κ2) is 7.81. The average Bonchev–Trinajstić information content (AvgIpc) is 3.30. The number of fused-ring (bicyclic) bond motifs is 2. The number of hydrogen-bond acceptors (Lipinski definition) is 7. The van der Waals surface area contributed by atoms with Crippen LogP contribution >= 0.6 is 11.3 Å². The fourth-order valence-corrected chi connectivity index (χ4v) is 4.72. The van der Waals surface area contributed by atoms with Crippen LogP contribution in [0.2, 0.25) is 0 Å². The predicted octanol–water partition coefficient (Wildman–Crippen LogP) is 3.28. The molecule has 0 bridgehead atoms. The van der Waals surface area contributed by atoms with Gasteiger partial charge in [0.15, 0.2) is 11.5 Å². The lowest BCUT2D eigenvalue weighted by atomic mass is 10.0. The molecular weight excluding hydrogens is 380 g/mol. The van der Waals surface area contributed by atoms with Gasteiger partial charge in [-0.15, -0.1) is 11.3 Å². The van der Waals surface area contributed by atoms with Crippen molar-refractivity contribution in [2.45, 2.75) is 26.8 Å². The molecule has 2 aliphatic heterocycles. The highest BCUT2D eigenvalue weighted by molar-refractivity contribution is 7.17. The second-order valence-corrected chi connectivity index (χ2v) is 7.67. The van der Waals surface area contributed by atoms with E-state index in [0.29, 0.717) is 34.2 Å². The van der Waals surface area contributed by atoms with E-state index in [1.165, 1.54) is 11.3 Å². The van der Waals surface area contributed by atoms with Gasteiger partial charge < -0.3 is 19.5 Å². The van der Waals surface area contributed by atoms with Crippen LogP contribution in [0.3, 0.4) is 0 Å². The lowest BCUT2D eigenvalue weighted by Gasteiger charge is -2.25. The van der Waals surface area contributed by atoms with Crippen LogP contribution < -0.4 is 14.8 Å². The van der Waals surface area contributed by atoms with E-state index in [1.807, 2.05) is 0 Å². The summed E-state index contributed by atoms with van der Waals surface area (Å²) in [5.41, 5.74) is 1.93. The van der Waals surface area contributed by atoms with Crippen LogP contribution in [0.15, 0.2) is 18.2 Å². The summed E-state index contributed by atoms with van der Waals surface area (Å²) in [5.74, 6) is 0.484. The first-order valence-corrected chi connectivity index (χ1v) is 10.2. The summed E-state index contributed by atoms with van der Waals surface area (Å²) in [6.07, 6.45) is 0.772. The lowest BCUT2D eigenvalue weighted by Crippen LogP contribution is -2.30. The van der Waals surface area contributed by atoms with Crippen molar-refractivity contribution < 1.29 is 23.8 Å². The molecule has 1 aromatic carbocycles. The van der Waals surface area contributed by atoms with Crippen molar-refractivity contribution in [2.75, 3.05) is 31.8 Å². The molecule has 0 fully saturated rings. The Bertz CT molecular complexity index is 924. The van der Waals surface area contributed by atoms with Crippen LogP contribution in [0.4, 0.5) is 5.00 Å². The van der Waals surface area contributed by atoms with Gasteiger partial charge in [-0.2, -0.15) is 0 Å². The number of carbonyl (C=O) groups excluding carboxylic acids is 2. The van der Waals surface area contributed by atoms with Crippen LogP contribution in [0.5, 0.6) is 11.5 Å². The molecular formula is C20H22N2O5S. The number of amides is 1. The molecule has 148 valence electrons. The quantitative estimate of drug-likeness (QED) is 0.774. The van der Waals surface area contributed by atoms with E-state index < -0.39 is 0 Å². The highest BCUT2D eigenvalue weighted by Gasteiger charge is 2.29. The van der Waals surface area contributed by atoms with E-state index >= 15 is 0 Å². The van der Waals surface area contributed by atoms with E-state index in [9.17, 15) is 9.59 Å². The number of ether oxygens (including phenoxy) is 3. The van der Waals surface area contributed by atoms with E-state index in [-0.39, 0.29) is 18.7 Å². The van der Waals surface area contributed by atoms with Crippen molar-refractivity contribution in [1.29, 1.82) is 0 Å². The third kappa shape index (κ3) is 3.45. The highest BCUT2D eigenvalue weighted by atomic mass is 32.1. The number of benzene rings is 1. The number of nitrogens with zero attached hydrogens (tertiary/aromatic N) is 1. The van der Waals surface area contributed by atoms with Crippen LogP contribution in [-0.2, 0) is 17.7 Å². The van der Waals surface area contributed by atoms with Gasteiger partial charge in [-0.25, -0.2) is 4.79 Å². The van der Waals surface area contributed by atoms with Crippen LogP contribution in [0.25, 0.3) is 0 Å². The first-order valence-electron chi connectivity index (χ1n) is 9.35. The van der Waals surface area contributed by atoms with Gasteiger partial charge in [0.2, 0.25) is 6.79 Å². The first-order chi connectivity index (χ1) is 13.6. The van der Waals surface area contributed by atoms with Gasteiger partial charge in [0, 0.05) is 23.5 Å². The molecule has 7 nitrogen and oxygen atoms in total. The van der Waals surface area contributed by atoms with E-state index in [4.69, 9.17) is 14.2 Å². The zero-order chi connectivity index (χ0) is 19.7. The summed E-state index contributed by atoms with van der Waals surface area (Å²) in [5, 5.41) is 3.46. The highest BCUT2D eigenvalue weighted by Crippen LogP contribution is 2.38. The molecule has 0 aliphatic carbocycles. The largest absolute Gasteiger partial charge is 0.462 e. The van der Waals surface area contributed by atoms with Gasteiger partial charge in [-0.3, -0.25) is 9.69 Å². The number of nitrogens with one attached hydrogen (secondary N) is 1. The number of rotatable bonds is 5. The molecule has 0 saturated heterocycles. The monoisotopic (exact) mass is 402 g/mol. The fourth-order valence-electron chi connectivity index (χ4n) is 3.45. The minimum atomic E-state index is -0.383. The number of hydrogen-bond donors (Lipinski definition) is 1. The third-order valence-corrected chi connectivity index (χ3v) is 6.06. The van der Waals surface area contributed by atoms with Crippen molar-refractivity contribution in [3.05, 3.63) is 39.8 Å². The summed E-state index contributed by atoms with van der Waals surface area (Å²) in [4.78, 5) is 28.8. The molecule has 0 unspecified atom stereocenters. The zero-order valence-corrected chi connectivity index (χ0v) is 16.7. The van der Waals surface area contributed by atoms with Crippen molar-refractivity contribution in [2.24, 2.45) is 0 Å². The van der Waals surface area contributed by atoms with Crippen LogP contribution in [0.1, 0.15) is 45.0 Å². The van der Waals surface area contributed by atoms with Crippen molar-refractivity contribution in [3.8, 4) is 11.5 Å². The molecule has 1 amide bonds. The molecule has 1 aromatic heterocycles. The van der Waals surface area contributed by atoms with Gasteiger partial charge in [-0.05, 0) is 43.7 Å². The van der Waals surface area contributed by atoms with Gasteiger partial charge in [0.25, 0.3) is 5.91 Å². The molecule has 8 heteroatoms. The van der Waals surface area contributed by atoms with Gasteiger partial charge in [0.05, 0.1) is 12.2 Å². The molecule has 0 saturated carbocycles. The Morgan fingerprint density at radius 2 is 2.07 bits per heavy atom. The summed E-state index contributed by atoms with van der Waals surface area (Å²) in [7, 11) is 0. The topological polar surface area (TPSA) is 77.1 Å². The molecule has 0 radical (unpaired) electrons. The van der Waals surface area contributed by atoms with Crippen molar-refractivity contribution in [1.82, 2.24) is 4.90 Å². The smallest absolute Gasteiger partial charge is 0.341 e. The Hall–Kier alpha value is -2.58. The maximum Gasteiger partial charge on any atom is 0.341 e. The molecule has 3 heterocycles. The number of carbonyl (C=O) groups is 2. The minimum Gasteiger partial charge on any atom is -0.462 e. The van der Waals surface area contributed by atoms with E-state index in [2.05, 4.69) is 17.1 Å². The zero-order valence-electron chi connectivity index (χ0n) is 15.9. The number of likely N-dealkylation sites (N-methyl/N-ethyl adjacent to an activating group) is 1. The van der Waals surface area contributed by atoms with Crippen LogP contribution in [0, 0.1) is 0 Å². The normalized spacial score (nSPS) is 15.2. The first kappa shape index (κ1) is 18.8. The number of anilines is 1. The summed E-state index contributed by atoms with van der Waals surface area (Å²) in [6.45, 7) is 6.96. The Morgan fingerprint density at radius 3 is 2.86 bits per heavy atom. The van der Waals surface area contributed by atoms with Gasteiger partial charge >= 0.3 is 5.97 Å². The average molecular weight is 402 g/mol. The van der Waals surface area contributed by atoms with E-state index in [0.717, 1.165) is 36.5 Å². The molecule has 2 aromatic rings. The Labute approximate surface area is 167 Å². The molecule has 4 rings (SSSR count). The summed E-state index contributed by atoms with van der Waals surface area (Å²) >= 11 is 1.45. The summed E-state index contributed by atoms with van der Waals surface area (Å²) < 4.78 is 15.9. The minimum absolute atomic E-state index is 0.152.